The Labute approximate surface area is 498 Å². The molecule has 0 aliphatic heterocycles. The SMILES string of the molecule is C.C.C.C.C.C.C.C=C(N)NCCC[C@H](N)C(=O)O.C=C(N)NCCC[C@H](N)C(=O)O.C=C=O.C=C=O.N.N.N.NC(=O)NCCC[C@H](N)C(=O)O.NCCC[C@H](N)C(=O)O.NCCC[C@H](N)C(=O)O.NCCC[C@H](N)C(=O)O.[13CH4].[14CH4].[17OH2].[18OH2]. The van der Waals surface area contributed by atoms with Gasteiger partial charge < -0.3 is 145 Å². The minimum Gasteiger partial charge on any atom is -0.480 e. The number of nitrogens with two attached hydrogens (primary N) is 12. The molecule has 0 saturated carbocycles. The van der Waals surface area contributed by atoms with Gasteiger partial charge in [0.15, 0.2) is 0 Å². The quantitative estimate of drug-likeness (QED) is 0.0189. The fraction of sp³-hybridized carbons (Fsp3) is 0.688. The van der Waals surface area contributed by atoms with Crippen molar-refractivity contribution in [2.45, 2.75) is 180 Å². The Morgan fingerprint density at radius 3 is 0.627 bits per heavy atom. The van der Waals surface area contributed by atoms with Gasteiger partial charge in [0, 0.05) is 19.6 Å². The summed E-state index contributed by atoms with van der Waals surface area (Å²) in [6.07, 6.45) is 6.47. The van der Waals surface area contributed by atoms with Crippen molar-refractivity contribution in [1.82, 2.24) is 34.4 Å². The van der Waals surface area contributed by atoms with Gasteiger partial charge in [-0.2, -0.15) is 0 Å². The number of primary amides is 1. The van der Waals surface area contributed by atoms with Gasteiger partial charge in [-0.1, -0.05) is 80.0 Å². The molecule has 83 heavy (non-hydrogen) atoms. The zero-order chi connectivity index (χ0) is 55.9. The summed E-state index contributed by atoms with van der Waals surface area (Å²) in [7, 11) is 0. The lowest BCUT2D eigenvalue weighted by molar-refractivity contribution is -0.139. The van der Waals surface area contributed by atoms with Gasteiger partial charge in [-0.25, -0.2) is 14.4 Å². The van der Waals surface area contributed by atoms with Gasteiger partial charge in [0.2, 0.25) is 0 Å². The van der Waals surface area contributed by atoms with Crippen LogP contribution in [0.15, 0.2) is 38.0 Å². The topological polar surface area (TPSA) is 791 Å². The third-order valence-electron chi connectivity index (χ3n) is 7.14. The number of rotatable bonds is 29. The first-order chi connectivity index (χ1) is 32.0. The predicted octanol–water partition coefficient (Wildman–Crippen LogP) is -0.776. The molecule has 0 aliphatic rings. The summed E-state index contributed by atoms with van der Waals surface area (Å²) in [6.45, 7) is 15.3. The molecule has 0 aromatic rings. The van der Waals surface area contributed by atoms with E-state index in [1.54, 1.807) is 0 Å². The van der Waals surface area contributed by atoms with Crippen molar-refractivity contribution >= 4 is 53.7 Å². The highest BCUT2D eigenvalue weighted by molar-refractivity contribution is 5.75. The molecule has 0 bridgehead atoms. The van der Waals surface area contributed by atoms with Crippen LogP contribution in [0.3, 0.4) is 0 Å². The molecule has 0 aliphatic carbocycles. The fourth-order valence-electron chi connectivity index (χ4n) is 3.43. The molecule has 0 unspecified atom stereocenters. The van der Waals surface area contributed by atoms with E-state index in [-0.39, 0.29) is 96.2 Å². The van der Waals surface area contributed by atoms with Gasteiger partial charge in [-0.3, -0.25) is 28.8 Å². The van der Waals surface area contributed by atoms with Crippen molar-refractivity contribution < 1.29 is 84.7 Å². The van der Waals surface area contributed by atoms with E-state index in [4.69, 9.17) is 109 Å². The van der Waals surface area contributed by atoms with Crippen LogP contribution >= 0.6 is 0 Å². The molecule has 35 heteroatoms. The van der Waals surface area contributed by atoms with Crippen LogP contribution in [0.1, 0.15) is 144 Å². The van der Waals surface area contributed by atoms with E-state index in [0.717, 1.165) is 0 Å². The van der Waals surface area contributed by atoms with E-state index in [1.165, 1.54) is 11.9 Å². The number of nitrogens with one attached hydrogen (secondary N) is 3. The van der Waals surface area contributed by atoms with Gasteiger partial charge in [-0.05, 0) is 110 Å². The molecule has 0 fully saturated rings. The highest BCUT2D eigenvalue weighted by atomic mass is 18.0. The summed E-state index contributed by atoms with van der Waals surface area (Å²) in [5, 5.41) is 57.8. The minimum atomic E-state index is -1.03. The molecule has 0 aromatic heterocycles. The maximum atomic E-state index is 10.2. The lowest BCUT2D eigenvalue weighted by Crippen LogP contribution is -2.33. The highest BCUT2D eigenvalue weighted by Gasteiger charge is 2.13. The summed E-state index contributed by atoms with van der Waals surface area (Å²) in [5.41, 5.74) is 61.7. The Kier molecular flexibility index (Phi) is 195. The summed E-state index contributed by atoms with van der Waals surface area (Å²) < 4.78 is 0. The first kappa shape index (κ1) is 147. The Balaban J connectivity index is -0.0000000256. The number of amides is 2. The van der Waals surface area contributed by atoms with Crippen LogP contribution in [0.2, 0.25) is 0 Å². The van der Waals surface area contributed by atoms with Gasteiger partial charge in [0.25, 0.3) is 0 Å². The summed E-state index contributed by atoms with van der Waals surface area (Å²) in [5.74, 6) is -2.56. The van der Waals surface area contributed by atoms with E-state index in [2.05, 4.69) is 42.3 Å². The maximum absolute atomic E-state index is 10.2. The number of aliphatic carboxylic acids is 6. The summed E-state index contributed by atoms with van der Waals surface area (Å²) >= 11 is 0. The smallest absolute Gasteiger partial charge is 0.320 e. The second kappa shape index (κ2) is 110. The number of urea groups is 1. The normalized spacial score (nSPS) is 9.70. The lowest BCUT2D eigenvalue weighted by Gasteiger charge is -2.07. The van der Waals surface area contributed by atoms with Crippen molar-refractivity contribution in [2.75, 3.05) is 39.3 Å². The van der Waals surface area contributed by atoms with Gasteiger partial charge in [0.1, 0.15) is 48.1 Å². The van der Waals surface area contributed by atoms with Crippen molar-refractivity contribution in [3.05, 3.63) is 38.0 Å². The third-order valence-corrected chi connectivity index (χ3v) is 7.14. The first-order valence-electron chi connectivity index (χ1n) is 20.7. The van der Waals surface area contributed by atoms with Crippen LogP contribution in [0.4, 0.5) is 4.79 Å². The zero-order valence-electron chi connectivity index (χ0n) is 42.4. The van der Waals surface area contributed by atoms with Crippen LogP contribution in [-0.2, 0) is 38.4 Å². The number of carbonyl (C=O) groups is 7. The predicted molar refractivity (Wildman–Crippen MR) is 342 cm³/mol. The number of hydrogen-bond acceptors (Lipinski definition) is 25. The second-order valence-corrected chi connectivity index (χ2v) is 13.4. The Morgan fingerprint density at radius 2 is 0.518 bits per heavy atom. The Morgan fingerprint density at radius 1 is 0.386 bits per heavy atom. The molecule has 0 radical (unpaired) electrons. The number of carboxylic acid groups (broad SMARTS) is 6. The van der Waals surface area contributed by atoms with Crippen molar-refractivity contribution in [1.29, 1.82) is 0 Å². The van der Waals surface area contributed by atoms with E-state index < -0.39 is 78.1 Å². The van der Waals surface area contributed by atoms with E-state index in [9.17, 15) is 33.6 Å². The second-order valence-electron chi connectivity index (χ2n) is 13.4. The molecule has 0 heterocycles. The van der Waals surface area contributed by atoms with Crippen LogP contribution < -0.4 is 103 Å². The van der Waals surface area contributed by atoms with Gasteiger partial charge in [-0.15, -0.1) is 0 Å². The Hall–Kier alpha value is -6.89. The van der Waals surface area contributed by atoms with Gasteiger partial charge >= 0.3 is 41.8 Å². The monoisotopic (exact) mass is 1240 g/mol. The first-order valence-corrected chi connectivity index (χ1v) is 20.7. The van der Waals surface area contributed by atoms with Crippen LogP contribution in [0.25, 0.3) is 0 Å². The molecular weight excluding hydrogens is 1110 g/mol. The minimum absolute atomic E-state index is 0. The number of hydrogen-bond donors (Lipinski definition) is 24. The Bertz CT molecular complexity index is 1310. The molecular formula is C48H132N18O17. The molecule has 0 aromatic carbocycles. The fourth-order valence-corrected chi connectivity index (χ4v) is 3.43. The number of carboxylic acids is 6. The molecule has 0 saturated heterocycles. The average molecular weight is 1240 g/mol. The molecule has 516 valence electrons. The number of carbonyl (C=O) groups excluding carboxylic acids is 3. The molecule has 0 rings (SSSR count). The molecule has 35 nitrogen and oxygen atoms in total. The third kappa shape index (κ3) is 160. The van der Waals surface area contributed by atoms with E-state index in [0.29, 0.717) is 128 Å². The molecule has 6 atom stereocenters. The largest absolute Gasteiger partial charge is 0.480 e. The molecule has 0 spiro atoms. The van der Waals surface area contributed by atoms with Crippen molar-refractivity contribution in [3.8, 4) is 0 Å². The van der Waals surface area contributed by atoms with Crippen LogP contribution in [0, 0.1) is 0 Å². The standard InChI is InChI=1S/2C7H15N3O2.C6H13N3O3.3C5H12N2O2.2C2H2O.9CH4.3H3N.2H2O/c2*1-5(8)10-4-2-3-6(9)7(11)12;7-4(5(10)11)2-1-3-9-6(8)12;3*6-3-1-2-4(7)5(8)9;2*1-2-3;;;;;;;;;;;;;;/h2*6,10H,1-4,8-9H2,(H,11,12);4H,1-3,7H2,(H,10,11)(H3,8,9,12);3*4H,1-3,6-7H2,(H,8,9);2*1H2;9*1H4;3*1H3;2*1H2/t2*6-;4*4-;;;;;;;;;;;;;;;;/m000000................/s1/i;;;;;;;;1+2;1+1;;;;;;;;;;;1+2;1+1. The zero-order valence-corrected chi connectivity index (χ0v) is 42.4. The van der Waals surface area contributed by atoms with E-state index >= 15 is 0 Å². The molecule has 2 amide bonds. The van der Waals surface area contributed by atoms with E-state index in [1.807, 2.05) is 0 Å². The highest BCUT2D eigenvalue weighted by Crippen LogP contribution is 1.96. The van der Waals surface area contributed by atoms with Crippen LogP contribution in [0.5, 0.6) is 0 Å². The summed E-state index contributed by atoms with van der Waals surface area (Å²) in [6, 6.07) is -5.26. The average Bonchev–Trinajstić information content (AvgIpc) is 3.26. The molecule has 46 N–H and O–H groups in total. The maximum Gasteiger partial charge on any atom is 0.320 e. The lowest BCUT2D eigenvalue weighted by atomic mass is 10.2. The van der Waals surface area contributed by atoms with Crippen molar-refractivity contribution in [3.63, 3.8) is 0 Å². The van der Waals surface area contributed by atoms with Crippen molar-refractivity contribution in [2.24, 2.45) is 68.8 Å². The van der Waals surface area contributed by atoms with Crippen LogP contribution in [-0.4, -0.2) is 171 Å². The van der Waals surface area contributed by atoms with Gasteiger partial charge in [0.05, 0.1) is 11.6 Å². The summed E-state index contributed by atoms with van der Waals surface area (Å²) in [4.78, 5) is 88.1.